The number of amides is 1. The van der Waals surface area contributed by atoms with Gasteiger partial charge in [-0.05, 0) is 35.9 Å². The van der Waals surface area contributed by atoms with E-state index in [9.17, 15) is 9.59 Å². The normalized spacial score (nSPS) is 9.83. The van der Waals surface area contributed by atoms with E-state index in [-0.39, 0.29) is 11.3 Å². The van der Waals surface area contributed by atoms with Crippen LogP contribution in [-0.4, -0.2) is 18.5 Å². The average molecular weight is 344 g/mol. The largest absolute Gasteiger partial charge is 0.452 e. The molecule has 0 aromatic heterocycles. The summed E-state index contributed by atoms with van der Waals surface area (Å²) in [5.41, 5.74) is 7.39. The number of rotatable bonds is 5. The van der Waals surface area contributed by atoms with E-state index >= 15 is 0 Å². The van der Waals surface area contributed by atoms with Crippen LogP contribution in [0.25, 0.3) is 0 Å². The van der Waals surface area contributed by atoms with Crippen molar-refractivity contribution in [1.82, 2.24) is 0 Å². The average Bonchev–Trinajstić information content (AvgIpc) is 2.57. The number of hydrogen-bond donors (Lipinski definition) is 2. The van der Waals surface area contributed by atoms with Gasteiger partial charge in [0.15, 0.2) is 6.61 Å². The fraction of sp³-hybridized carbons (Fsp3) is 0.118. The summed E-state index contributed by atoms with van der Waals surface area (Å²) in [6.07, 6.45) is 0.299. The zero-order valence-corrected chi connectivity index (χ0v) is 13.3. The van der Waals surface area contributed by atoms with Crippen LogP contribution in [0.1, 0.15) is 15.9 Å². The number of carbonyl (C=O) groups is 2. The number of nitriles is 1. The van der Waals surface area contributed by atoms with Gasteiger partial charge in [-0.15, -0.1) is 0 Å². The van der Waals surface area contributed by atoms with Crippen LogP contribution in [0.5, 0.6) is 0 Å². The van der Waals surface area contributed by atoms with Crippen LogP contribution in [0, 0.1) is 11.3 Å². The Kier molecular flexibility index (Phi) is 5.77. The molecule has 0 aliphatic rings. The lowest BCUT2D eigenvalue weighted by Gasteiger charge is -2.08. The monoisotopic (exact) mass is 343 g/mol. The van der Waals surface area contributed by atoms with Crippen molar-refractivity contribution in [1.29, 1.82) is 5.26 Å². The minimum absolute atomic E-state index is 0.108. The molecule has 2 aromatic rings. The molecule has 0 bridgehead atoms. The van der Waals surface area contributed by atoms with E-state index in [0.717, 1.165) is 5.56 Å². The zero-order valence-electron chi connectivity index (χ0n) is 12.6. The molecule has 0 aliphatic carbocycles. The SMILES string of the molecule is N#CCc1ccc(NC(=O)COC(=O)c2cc(Cl)ccc2N)cc1. The van der Waals surface area contributed by atoms with Crippen molar-refractivity contribution >= 4 is 34.9 Å². The highest BCUT2D eigenvalue weighted by molar-refractivity contribution is 6.31. The van der Waals surface area contributed by atoms with Gasteiger partial charge in [0.2, 0.25) is 0 Å². The van der Waals surface area contributed by atoms with Gasteiger partial charge < -0.3 is 15.8 Å². The zero-order chi connectivity index (χ0) is 17.5. The summed E-state index contributed by atoms with van der Waals surface area (Å²) >= 11 is 5.80. The molecular formula is C17H14ClN3O3. The second kappa shape index (κ2) is 7.99. The van der Waals surface area contributed by atoms with Crippen molar-refractivity contribution in [2.24, 2.45) is 0 Å². The first-order valence-electron chi connectivity index (χ1n) is 6.97. The summed E-state index contributed by atoms with van der Waals surface area (Å²) in [4.78, 5) is 23.7. The van der Waals surface area contributed by atoms with Gasteiger partial charge in [-0.3, -0.25) is 4.79 Å². The van der Waals surface area contributed by atoms with Crippen molar-refractivity contribution in [2.45, 2.75) is 6.42 Å². The Labute approximate surface area is 143 Å². The number of nitrogens with one attached hydrogen (secondary N) is 1. The summed E-state index contributed by atoms with van der Waals surface area (Å²) in [7, 11) is 0. The molecule has 2 aromatic carbocycles. The Morgan fingerprint density at radius 1 is 1.21 bits per heavy atom. The van der Waals surface area contributed by atoms with Crippen molar-refractivity contribution in [3.63, 3.8) is 0 Å². The van der Waals surface area contributed by atoms with Crippen LogP contribution in [0.15, 0.2) is 42.5 Å². The van der Waals surface area contributed by atoms with Gasteiger partial charge in [-0.2, -0.15) is 5.26 Å². The fourth-order valence-corrected chi connectivity index (χ4v) is 2.08. The smallest absolute Gasteiger partial charge is 0.340 e. The van der Waals surface area contributed by atoms with E-state index < -0.39 is 18.5 Å². The number of halogens is 1. The third-order valence-electron chi connectivity index (χ3n) is 3.09. The summed E-state index contributed by atoms with van der Waals surface area (Å²) in [6.45, 7) is -0.454. The van der Waals surface area contributed by atoms with Crippen LogP contribution < -0.4 is 11.1 Å². The number of nitrogen functional groups attached to an aromatic ring is 1. The van der Waals surface area contributed by atoms with Crippen LogP contribution in [0.2, 0.25) is 5.02 Å². The predicted octanol–water partition coefficient (Wildman–Crippen LogP) is 2.78. The first-order valence-corrected chi connectivity index (χ1v) is 7.35. The lowest BCUT2D eigenvalue weighted by Crippen LogP contribution is -2.21. The van der Waals surface area contributed by atoms with Crippen LogP contribution >= 0.6 is 11.6 Å². The lowest BCUT2D eigenvalue weighted by atomic mass is 10.1. The number of anilines is 2. The molecule has 0 radical (unpaired) electrons. The molecule has 0 aliphatic heterocycles. The molecule has 0 saturated heterocycles. The Hall–Kier alpha value is -3.04. The molecule has 0 heterocycles. The van der Waals surface area contributed by atoms with Crippen LogP contribution in [-0.2, 0) is 16.0 Å². The third kappa shape index (κ3) is 4.73. The van der Waals surface area contributed by atoms with Gasteiger partial charge in [0.05, 0.1) is 18.1 Å². The van der Waals surface area contributed by atoms with Crippen LogP contribution in [0.3, 0.4) is 0 Å². The number of esters is 1. The molecule has 0 spiro atoms. The minimum atomic E-state index is -0.727. The maximum Gasteiger partial charge on any atom is 0.340 e. The van der Waals surface area contributed by atoms with Gasteiger partial charge in [0.25, 0.3) is 5.91 Å². The van der Waals surface area contributed by atoms with E-state index in [1.165, 1.54) is 12.1 Å². The lowest BCUT2D eigenvalue weighted by molar-refractivity contribution is -0.119. The minimum Gasteiger partial charge on any atom is -0.452 e. The first kappa shape index (κ1) is 17.3. The number of hydrogen-bond acceptors (Lipinski definition) is 5. The summed E-state index contributed by atoms with van der Waals surface area (Å²) in [5, 5.41) is 11.5. The predicted molar refractivity (Wildman–Crippen MR) is 90.5 cm³/mol. The standard InChI is InChI=1S/C17H14ClN3O3/c18-12-3-6-15(20)14(9-12)17(23)24-10-16(22)21-13-4-1-11(2-5-13)7-8-19/h1-6,9H,7,10,20H2,(H,21,22). The van der Waals surface area contributed by atoms with Gasteiger partial charge in [0, 0.05) is 16.4 Å². The summed E-state index contributed by atoms with van der Waals surface area (Å²) in [6, 6.07) is 13.3. The van der Waals surface area contributed by atoms with E-state index in [1.54, 1.807) is 30.3 Å². The van der Waals surface area contributed by atoms with Gasteiger partial charge in [-0.1, -0.05) is 23.7 Å². The molecule has 6 nitrogen and oxygen atoms in total. The molecule has 0 saturated carbocycles. The topological polar surface area (TPSA) is 105 Å². The van der Waals surface area contributed by atoms with Crippen molar-refractivity contribution < 1.29 is 14.3 Å². The van der Waals surface area contributed by atoms with Gasteiger partial charge in [0.1, 0.15) is 0 Å². The van der Waals surface area contributed by atoms with Crippen LogP contribution in [0.4, 0.5) is 11.4 Å². The second-order valence-electron chi connectivity index (χ2n) is 4.89. The van der Waals surface area contributed by atoms with E-state index in [2.05, 4.69) is 5.32 Å². The highest BCUT2D eigenvalue weighted by Crippen LogP contribution is 2.18. The number of ether oxygens (including phenoxy) is 1. The molecule has 0 fully saturated rings. The quantitative estimate of drug-likeness (QED) is 0.641. The highest BCUT2D eigenvalue weighted by Gasteiger charge is 2.14. The molecular weight excluding hydrogens is 330 g/mol. The van der Waals surface area contributed by atoms with Gasteiger partial charge >= 0.3 is 5.97 Å². The molecule has 24 heavy (non-hydrogen) atoms. The van der Waals surface area contributed by atoms with Crippen molar-refractivity contribution in [2.75, 3.05) is 17.7 Å². The molecule has 1 amide bonds. The molecule has 122 valence electrons. The molecule has 2 rings (SSSR count). The van der Waals surface area contributed by atoms with E-state index in [4.69, 9.17) is 27.3 Å². The summed E-state index contributed by atoms with van der Waals surface area (Å²) in [5.74, 6) is -1.22. The Bertz CT molecular complexity index is 798. The van der Waals surface area contributed by atoms with E-state index in [1.807, 2.05) is 6.07 Å². The maximum atomic E-state index is 11.9. The Morgan fingerprint density at radius 2 is 1.92 bits per heavy atom. The summed E-state index contributed by atoms with van der Waals surface area (Å²) < 4.78 is 4.93. The number of nitrogens with two attached hydrogens (primary N) is 1. The number of benzene rings is 2. The number of carbonyl (C=O) groups excluding carboxylic acids is 2. The second-order valence-corrected chi connectivity index (χ2v) is 5.32. The first-order chi connectivity index (χ1) is 11.5. The number of nitrogens with zero attached hydrogens (tertiary/aromatic N) is 1. The Morgan fingerprint density at radius 3 is 2.58 bits per heavy atom. The van der Waals surface area contributed by atoms with Crippen molar-refractivity contribution in [3.05, 3.63) is 58.6 Å². The Balaban J connectivity index is 1.89. The molecule has 0 unspecified atom stereocenters. The van der Waals surface area contributed by atoms with E-state index in [0.29, 0.717) is 17.1 Å². The van der Waals surface area contributed by atoms with Gasteiger partial charge in [-0.25, -0.2) is 4.79 Å². The maximum absolute atomic E-state index is 11.9. The molecule has 3 N–H and O–H groups in total. The molecule has 7 heteroatoms. The molecule has 0 atom stereocenters. The van der Waals surface area contributed by atoms with Crippen molar-refractivity contribution in [3.8, 4) is 6.07 Å². The fourth-order valence-electron chi connectivity index (χ4n) is 1.91. The third-order valence-corrected chi connectivity index (χ3v) is 3.33. The highest BCUT2D eigenvalue weighted by atomic mass is 35.5.